The maximum atomic E-state index is 10.9. The molecule has 0 aromatic rings. The zero-order chi connectivity index (χ0) is 8.97. The molecule has 0 unspecified atom stereocenters. The fourth-order valence-corrected chi connectivity index (χ4v) is 1.48. The van der Waals surface area contributed by atoms with Gasteiger partial charge in [0.1, 0.15) is 6.10 Å². The van der Waals surface area contributed by atoms with E-state index < -0.39 is 0 Å². The second-order valence-corrected chi connectivity index (χ2v) is 3.38. The molecule has 3 heteroatoms. The first kappa shape index (κ1) is 9.52. The van der Waals surface area contributed by atoms with Crippen molar-refractivity contribution < 1.29 is 9.53 Å². The molecule has 0 aliphatic heterocycles. The monoisotopic (exact) mass is 171 g/mol. The summed E-state index contributed by atoms with van der Waals surface area (Å²) < 4.78 is 5.19. The van der Waals surface area contributed by atoms with Gasteiger partial charge in [-0.15, -0.1) is 0 Å². The molecule has 0 bridgehead atoms. The van der Waals surface area contributed by atoms with Gasteiger partial charge in [-0.3, -0.25) is 4.79 Å². The molecule has 3 nitrogen and oxygen atoms in total. The largest absolute Gasteiger partial charge is 0.462 e. The summed E-state index contributed by atoms with van der Waals surface area (Å²) in [5, 5.41) is 0. The molecule has 1 saturated carbocycles. The van der Waals surface area contributed by atoms with Crippen LogP contribution in [0.15, 0.2) is 0 Å². The van der Waals surface area contributed by atoms with Crippen molar-refractivity contribution in [3.63, 3.8) is 0 Å². The number of hydrogen-bond donors (Lipinski definition) is 1. The molecule has 12 heavy (non-hydrogen) atoms. The standard InChI is InChI=1S/C9H17NO2/c1-2-9(11)12-8-5-3-7(10)4-6-8/h7-8H,2-6,10H2,1H3/t7-,8-. The third-order valence-corrected chi connectivity index (χ3v) is 2.31. The third kappa shape index (κ3) is 2.81. The molecule has 1 aliphatic rings. The van der Waals surface area contributed by atoms with Gasteiger partial charge in [0.25, 0.3) is 0 Å². The van der Waals surface area contributed by atoms with Gasteiger partial charge in [0.05, 0.1) is 0 Å². The second-order valence-electron chi connectivity index (χ2n) is 3.38. The smallest absolute Gasteiger partial charge is 0.305 e. The van der Waals surface area contributed by atoms with Gasteiger partial charge in [-0.1, -0.05) is 6.92 Å². The molecule has 1 fully saturated rings. The highest BCUT2D eigenvalue weighted by Crippen LogP contribution is 2.19. The summed E-state index contributed by atoms with van der Waals surface area (Å²) in [7, 11) is 0. The van der Waals surface area contributed by atoms with Crippen LogP contribution in [-0.4, -0.2) is 18.1 Å². The van der Waals surface area contributed by atoms with Crippen LogP contribution in [0.3, 0.4) is 0 Å². The SMILES string of the molecule is CCC(=O)O[C@H]1CC[C@H](N)CC1. The van der Waals surface area contributed by atoms with E-state index in [9.17, 15) is 4.79 Å². The lowest BCUT2D eigenvalue weighted by Crippen LogP contribution is -2.31. The van der Waals surface area contributed by atoms with Crippen LogP contribution in [0.4, 0.5) is 0 Å². The Bertz CT molecular complexity index is 151. The third-order valence-electron chi connectivity index (χ3n) is 2.31. The van der Waals surface area contributed by atoms with Gasteiger partial charge in [-0.2, -0.15) is 0 Å². The molecule has 70 valence electrons. The lowest BCUT2D eigenvalue weighted by atomic mass is 9.94. The highest BCUT2D eigenvalue weighted by atomic mass is 16.5. The molecule has 0 saturated heterocycles. The van der Waals surface area contributed by atoms with Crippen LogP contribution in [0.2, 0.25) is 0 Å². The summed E-state index contributed by atoms with van der Waals surface area (Å²) in [6.45, 7) is 1.82. The molecular weight excluding hydrogens is 154 g/mol. The zero-order valence-electron chi connectivity index (χ0n) is 7.58. The quantitative estimate of drug-likeness (QED) is 0.635. The fourth-order valence-electron chi connectivity index (χ4n) is 1.48. The fraction of sp³-hybridized carbons (Fsp3) is 0.889. The van der Waals surface area contributed by atoms with Gasteiger partial charge < -0.3 is 10.5 Å². The summed E-state index contributed by atoms with van der Waals surface area (Å²) in [5.74, 6) is -0.0875. The molecule has 1 aliphatic carbocycles. The van der Waals surface area contributed by atoms with Crippen molar-refractivity contribution in [2.45, 2.75) is 51.2 Å². The number of carbonyl (C=O) groups excluding carboxylic acids is 1. The van der Waals surface area contributed by atoms with Crippen LogP contribution in [0.25, 0.3) is 0 Å². The molecule has 0 radical (unpaired) electrons. The maximum absolute atomic E-state index is 10.9. The predicted molar refractivity (Wildman–Crippen MR) is 46.6 cm³/mol. The van der Waals surface area contributed by atoms with Gasteiger partial charge >= 0.3 is 5.97 Å². The van der Waals surface area contributed by atoms with Gasteiger partial charge in [0.2, 0.25) is 0 Å². The van der Waals surface area contributed by atoms with Crippen LogP contribution in [-0.2, 0) is 9.53 Å². The number of carbonyl (C=O) groups is 1. The summed E-state index contributed by atoms with van der Waals surface area (Å²) in [4.78, 5) is 10.9. The van der Waals surface area contributed by atoms with Crippen molar-refractivity contribution >= 4 is 5.97 Å². The first-order chi connectivity index (χ1) is 5.72. The molecule has 2 N–H and O–H groups in total. The van der Waals surface area contributed by atoms with Crippen molar-refractivity contribution in [2.75, 3.05) is 0 Å². The van der Waals surface area contributed by atoms with Crippen LogP contribution >= 0.6 is 0 Å². The minimum atomic E-state index is -0.0875. The van der Waals surface area contributed by atoms with Gasteiger partial charge in [0.15, 0.2) is 0 Å². The molecule has 0 aromatic heterocycles. The first-order valence-electron chi connectivity index (χ1n) is 4.67. The summed E-state index contributed by atoms with van der Waals surface area (Å²) in [6, 6.07) is 0.321. The minimum absolute atomic E-state index is 0.0875. The Morgan fingerprint density at radius 3 is 2.50 bits per heavy atom. The molecular formula is C9H17NO2. The molecule has 0 aromatic carbocycles. The number of hydrogen-bond acceptors (Lipinski definition) is 3. The Balaban J connectivity index is 2.21. The molecule has 0 amide bonds. The number of esters is 1. The van der Waals surface area contributed by atoms with Crippen molar-refractivity contribution in [3.8, 4) is 0 Å². The van der Waals surface area contributed by atoms with E-state index in [1.54, 1.807) is 0 Å². The van der Waals surface area contributed by atoms with Crippen LogP contribution in [0.1, 0.15) is 39.0 Å². The van der Waals surface area contributed by atoms with Crippen molar-refractivity contribution in [1.82, 2.24) is 0 Å². The minimum Gasteiger partial charge on any atom is -0.462 e. The Labute approximate surface area is 73.3 Å². The zero-order valence-corrected chi connectivity index (χ0v) is 7.58. The average molecular weight is 171 g/mol. The molecule has 0 heterocycles. The van der Waals surface area contributed by atoms with E-state index >= 15 is 0 Å². The van der Waals surface area contributed by atoms with E-state index in [0.717, 1.165) is 25.7 Å². The normalized spacial score (nSPS) is 29.8. The van der Waals surface area contributed by atoms with Gasteiger partial charge in [-0.05, 0) is 25.7 Å². The van der Waals surface area contributed by atoms with E-state index in [1.165, 1.54) is 0 Å². The Kier molecular flexibility index (Phi) is 3.53. The number of nitrogens with two attached hydrogens (primary N) is 1. The van der Waals surface area contributed by atoms with Crippen LogP contribution in [0, 0.1) is 0 Å². The molecule has 0 atom stereocenters. The first-order valence-corrected chi connectivity index (χ1v) is 4.67. The Morgan fingerprint density at radius 1 is 1.42 bits per heavy atom. The Morgan fingerprint density at radius 2 is 2.00 bits per heavy atom. The van der Waals surface area contributed by atoms with E-state index in [4.69, 9.17) is 10.5 Å². The second kappa shape index (κ2) is 4.45. The average Bonchev–Trinajstić information content (AvgIpc) is 2.09. The Hall–Kier alpha value is -0.570. The van der Waals surface area contributed by atoms with Crippen molar-refractivity contribution in [2.24, 2.45) is 5.73 Å². The summed E-state index contributed by atoms with van der Waals surface area (Å²) in [5.41, 5.74) is 5.72. The highest BCUT2D eigenvalue weighted by molar-refractivity contribution is 5.69. The molecule has 0 spiro atoms. The van der Waals surface area contributed by atoms with Gasteiger partial charge in [0, 0.05) is 12.5 Å². The van der Waals surface area contributed by atoms with E-state index in [0.29, 0.717) is 12.5 Å². The van der Waals surface area contributed by atoms with Crippen molar-refractivity contribution in [1.29, 1.82) is 0 Å². The van der Waals surface area contributed by atoms with E-state index in [-0.39, 0.29) is 12.1 Å². The van der Waals surface area contributed by atoms with E-state index in [1.807, 2.05) is 6.92 Å². The highest BCUT2D eigenvalue weighted by Gasteiger charge is 2.20. The lowest BCUT2D eigenvalue weighted by molar-refractivity contribution is -0.150. The topological polar surface area (TPSA) is 52.3 Å². The summed E-state index contributed by atoms with van der Waals surface area (Å²) >= 11 is 0. The predicted octanol–water partition coefficient (Wildman–Crippen LogP) is 1.21. The maximum Gasteiger partial charge on any atom is 0.305 e. The van der Waals surface area contributed by atoms with Crippen LogP contribution < -0.4 is 5.73 Å². The summed E-state index contributed by atoms with van der Waals surface area (Å²) in [6.07, 6.45) is 4.46. The number of ether oxygens (including phenoxy) is 1. The number of rotatable bonds is 2. The van der Waals surface area contributed by atoms with Crippen molar-refractivity contribution in [3.05, 3.63) is 0 Å². The van der Waals surface area contributed by atoms with E-state index in [2.05, 4.69) is 0 Å². The lowest BCUT2D eigenvalue weighted by Gasteiger charge is -2.25. The molecule has 1 rings (SSSR count). The van der Waals surface area contributed by atoms with Crippen LogP contribution in [0.5, 0.6) is 0 Å². The van der Waals surface area contributed by atoms with Gasteiger partial charge in [-0.25, -0.2) is 0 Å².